The molecule has 0 saturated carbocycles. The molecule has 114 valence electrons. The molecule has 0 unspecified atom stereocenters. The number of rotatable bonds is 6. The van der Waals surface area contributed by atoms with Crippen molar-refractivity contribution in [2.75, 3.05) is 11.8 Å². The number of anilines is 1. The van der Waals surface area contributed by atoms with E-state index >= 15 is 0 Å². The van der Waals surface area contributed by atoms with Crippen molar-refractivity contribution in [1.82, 2.24) is 9.88 Å². The number of aryl methyl sites for hydroxylation is 2. The van der Waals surface area contributed by atoms with Gasteiger partial charge in [-0.1, -0.05) is 12.1 Å². The highest BCUT2D eigenvalue weighted by Crippen LogP contribution is 2.19. The third-order valence-electron chi connectivity index (χ3n) is 3.24. The zero-order chi connectivity index (χ0) is 15.5. The first-order chi connectivity index (χ1) is 9.96. The van der Waals surface area contributed by atoms with Crippen LogP contribution < -0.4 is 10.0 Å². The zero-order valence-corrected chi connectivity index (χ0v) is 13.4. The normalized spacial score (nSPS) is 11.6. The van der Waals surface area contributed by atoms with Gasteiger partial charge >= 0.3 is 0 Å². The summed E-state index contributed by atoms with van der Waals surface area (Å²) in [5.74, 6) is 0. The second kappa shape index (κ2) is 6.32. The van der Waals surface area contributed by atoms with E-state index in [9.17, 15) is 8.42 Å². The molecule has 2 rings (SSSR count). The van der Waals surface area contributed by atoms with Gasteiger partial charge < -0.3 is 9.88 Å². The Morgan fingerprint density at radius 2 is 2.00 bits per heavy atom. The SMILES string of the molecule is CCn1cc(S(=O)(=O)Nc2cccc(C)c2)cc1CNC. The Morgan fingerprint density at radius 3 is 2.62 bits per heavy atom. The summed E-state index contributed by atoms with van der Waals surface area (Å²) in [6.07, 6.45) is 1.67. The minimum absolute atomic E-state index is 0.288. The molecule has 0 atom stereocenters. The number of aromatic nitrogens is 1. The summed E-state index contributed by atoms with van der Waals surface area (Å²) < 4.78 is 29.5. The molecule has 0 radical (unpaired) electrons. The van der Waals surface area contributed by atoms with Gasteiger partial charge in [-0.25, -0.2) is 8.42 Å². The summed E-state index contributed by atoms with van der Waals surface area (Å²) in [6, 6.07) is 9.02. The smallest absolute Gasteiger partial charge is 0.263 e. The number of hydrogen-bond acceptors (Lipinski definition) is 3. The number of nitrogens with zero attached hydrogens (tertiary/aromatic N) is 1. The minimum Gasteiger partial charge on any atom is -0.349 e. The van der Waals surface area contributed by atoms with Crippen LogP contribution in [0.15, 0.2) is 41.4 Å². The molecule has 0 amide bonds. The van der Waals surface area contributed by atoms with E-state index < -0.39 is 10.0 Å². The number of hydrogen-bond donors (Lipinski definition) is 2. The fraction of sp³-hybridized carbons (Fsp3) is 0.333. The fourth-order valence-electron chi connectivity index (χ4n) is 2.22. The van der Waals surface area contributed by atoms with Crippen LogP contribution in [-0.2, 0) is 23.1 Å². The summed E-state index contributed by atoms with van der Waals surface area (Å²) >= 11 is 0. The zero-order valence-electron chi connectivity index (χ0n) is 12.6. The Balaban J connectivity index is 2.31. The summed E-state index contributed by atoms with van der Waals surface area (Å²) in [4.78, 5) is 0.288. The van der Waals surface area contributed by atoms with Crippen molar-refractivity contribution in [3.8, 4) is 0 Å². The first-order valence-electron chi connectivity index (χ1n) is 6.89. The largest absolute Gasteiger partial charge is 0.349 e. The maximum absolute atomic E-state index is 12.5. The van der Waals surface area contributed by atoms with Gasteiger partial charge in [-0.15, -0.1) is 0 Å². The van der Waals surface area contributed by atoms with Crippen molar-refractivity contribution in [1.29, 1.82) is 0 Å². The molecule has 1 heterocycles. The van der Waals surface area contributed by atoms with Crippen molar-refractivity contribution in [3.05, 3.63) is 47.8 Å². The Labute approximate surface area is 126 Å². The molecule has 0 spiro atoms. The van der Waals surface area contributed by atoms with Crippen LogP contribution in [0.2, 0.25) is 0 Å². The van der Waals surface area contributed by atoms with Crippen molar-refractivity contribution < 1.29 is 8.42 Å². The van der Waals surface area contributed by atoms with Gasteiger partial charge in [-0.3, -0.25) is 4.72 Å². The lowest BCUT2D eigenvalue weighted by Gasteiger charge is -2.07. The van der Waals surface area contributed by atoms with E-state index in [1.165, 1.54) is 0 Å². The summed E-state index contributed by atoms with van der Waals surface area (Å²) in [6.45, 7) is 5.28. The van der Waals surface area contributed by atoms with E-state index in [4.69, 9.17) is 0 Å². The molecule has 1 aromatic carbocycles. The lowest BCUT2D eigenvalue weighted by Crippen LogP contribution is -2.12. The molecule has 0 bridgehead atoms. The fourth-order valence-corrected chi connectivity index (χ4v) is 3.33. The highest BCUT2D eigenvalue weighted by molar-refractivity contribution is 7.92. The molecule has 6 heteroatoms. The van der Waals surface area contributed by atoms with Crippen LogP contribution in [-0.4, -0.2) is 20.0 Å². The van der Waals surface area contributed by atoms with E-state index in [2.05, 4.69) is 10.0 Å². The molecule has 0 aliphatic carbocycles. The first-order valence-corrected chi connectivity index (χ1v) is 8.37. The van der Waals surface area contributed by atoms with Crippen LogP contribution in [0, 0.1) is 6.92 Å². The highest BCUT2D eigenvalue weighted by Gasteiger charge is 2.18. The monoisotopic (exact) mass is 307 g/mol. The predicted molar refractivity (Wildman–Crippen MR) is 84.9 cm³/mol. The molecular formula is C15H21N3O2S. The minimum atomic E-state index is -3.56. The van der Waals surface area contributed by atoms with Gasteiger partial charge in [0, 0.05) is 30.7 Å². The Hall–Kier alpha value is -1.79. The molecule has 0 aliphatic rings. The van der Waals surface area contributed by atoms with Crippen molar-refractivity contribution in [3.63, 3.8) is 0 Å². The number of nitrogens with one attached hydrogen (secondary N) is 2. The van der Waals surface area contributed by atoms with E-state index in [1.807, 2.05) is 43.7 Å². The third kappa shape index (κ3) is 3.65. The van der Waals surface area contributed by atoms with Crippen LogP contribution >= 0.6 is 0 Å². The molecule has 0 fully saturated rings. The van der Waals surface area contributed by atoms with Crippen LogP contribution in [0.3, 0.4) is 0 Å². The average Bonchev–Trinajstić information content (AvgIpc) is 2.83. The van der Waals surface area contributed by atoms with Crippen LogP contribution in [0.1, 0.15) is 18.2 Å². The quantitative estimate of drug-likeness (QED) is 0.861. The number of benzene rings is 1. The van der Waals surface area contributed by atoms with Crippen molar-refractivity contribution in [2.45, 2.75) is 31.8 Å². The molecule has 5 nitrogen and oxygen atoms in total. The van der Waals surface area contributed by atoms with Crippen molar-refractivity contribution in [2.24, 2.45) is 0 Å². The predicted octanol–water partition coefficient (Wildman–Crippen LogP) is 2.34. The van der Waals surface area contributed by atoms with Crippen LogP contribution in [0.25, 0.3) is 0 Å². The van der Waals surface area contributed by atoms with Crippen molar-refractivity contribution >= 4 is 15.7 Å². The molecular weight excluding hydrogens is 286 g/mol. The summed E-state index contributed by atoms with van der Waals surface area (Å²) in [7, 11) is -1.72. The molecule has 21 heavy (non-hydrogen) atoms. The lowest BCUT2D eigenvalue weighted by atomic mass is 10.2. The van der Waals surface area contributed by atoms with Crippen LogP contribution in [0.4, 0.5) is 5.69 Å². The van der Waals surface area contributed by atoms with Crippen LogP contribution in [0.5, 0.6) is 0 Å². The molecule has 0 saturated heterocycles. The lowest BCUT2D eigenvalue weighted by molar-refractivity contribution is 0.600. The first kappa shape index (κ1) is 15.6. The van der Waals surface area contributed by atoms with Gasteiger partial charge in [-0.2, -0.15) is 0 Å². The summed E-state index contributed by atoms with van der Waals surface area (Å²) in [5, 5.41) is 3.04. The van der Waals surface area contributed by atoms with Gasteiger partial charge in [0.2, 0.25) is 0 Å². The topological polar surface area (TPSA) is 63.1 Å². The molecule has 0 aliphatic heterocycles. The van der Waals surface area contributed by atoms with Gasteiger partial charge in [0.1, 0.15) is 4.90 Å². The number of sulfonamides is 1. The standard InChI is InChI=1S/C15H21N3O2S/c1-4-18-11-15(9-14(18)10-16-3)21(19,20)17-13-7-5-6-12(2)8-13/h5-9,11,16-17H,4,10H2,1-3H3. The maximum atomic E-state index is 12.5. The Morgan fingerprint density at radius 1 is 1.24 bits per heavy atom. The van der Waals surface area contributed by atoms with Gasteiger partial charge in [0.15, 0.2) is 0 Å². The van der Waals surface area contributed by atoms with E-state index in [0.717, 1.165) is 17.8 Å². The average molecular weight is 307 g/mol. The van der Waals surface area contributed by atoms with Gasteiger partial charge in [0.05, 0.1) is 0 Å². The van der Waals surface area contributed by atoms with Gasteiger partial charge in [-0.05, 0) is 44.7 Å². The summed E-state index contributed by atoms with van der Waals surface area (Å²) in [5.41, 5.74) is 2.54. The molecule has 2 N–H and O–H groups in total. The second-order valence-corrected chi connectivity index (χ2v) is 6.64. The maximum Gasteiger partial charge on any atom is 0.263 e. The van der Waals surface area contributed by atoms with E-state index in [-0.39, 0.29) is 4.90 Å². The molecule has 2 aromatic rings. The molecule has 1 aromatic heterocycles. The Kier molecular flexibility index (Phi) is 4.69. The highest BCUT2D eigenvalue weighted by atomic mass is 32.2. The van der Waals surface area contributed by atoms with E-state index in [1.54, 1.807) is 18.3 Å². The van der Waals surface area contributed by atoms with Gasteiger partial charge in [0.25, 0.3) is 10.0 Å². The third-order valence-corrected chi connectivity index (χ3v) is 4.59. The Bertz CT molecular complexity index is 720. The second-order valence-electron chi connectivity index (χ2n) is 4.96. The van der Waals surface area contributed by atoms with E-state index in [0.29, 0.717) is 12.2 Å².